The summed E-state index contributed by atoms with van der Waals surface area (Å²) in [6.07, 6.45) is 0. The Morgan fingerprint density at radius 2 is 2.08 bits per heavy atom. The Bertz CT molecular complexity index is 890. The van der Waals surface area contributed by atoms with E-state index < -0.39 is 0 Å². The molecule has 1 saturated heterocycles. The number of benzene rings is 1. The van der Waals surface area contributed by atoms with Crippen molar-refractivity contribution in [2.45, 2.75) is 5.37 Å². The zero-order chi connectivity index (χ0) is 17.4. The average Bonchev–Trinajstić information content (AvgIpc) is 3.35. The van der Waals surface area contributed by atoms with E-state index in [4.69, 9.17) is 11.6 Å². The van der Waals surface area contributed by atoms with Crippen LogP contribution in [0.1, 0.15) is 21.4 Å². The number of aryl methyl sites for hydroxylation is 1. The number of aromatic nitrogens is 2. The van der Waals surface area contributed by atoms with Crippen molar-refractivity contribution in [2.75, 3.05) is 12.3 Å². The molecule has 1 atom stereocenters. The Balaban J connectivity index is 1.63. The number of nitrogens with zero attached hydrogens (tertiary/aromatic N) is 3. The minimum atomic E-state index is 0.0164. The minimum absolute atomic E-state index is 0.0164. The van der Waals surface area contributed by atoms with Crippen LogP contribution in [0.3, 0.4) is 0 Å². The van der Waals surface area contributed by atoms with Crippen LogP contribution in [0.4, 0.5) is 0 Å². The van der Waals surface area contributed by atoms with Gasteiger partial charge in [-0.15, -0.1) is 23.1 Å². The SMILES string of the molecule is Cn1nc(-c2cccs2)cc1C(=O)N1CCSC1c1ccc(Cl)cc1. The topological polar surface area (TPSA) is 38.1 Å². The van der Waals surface area contributed by atoms with Gasteiger partial charge < -0.3 is 4.90 Å². The standard InChI is InChI=1S/C18H16ClN3OS2/c1-21-15(11-14(20-21)16-3-2-9-24-16)17(23)22-8-10-25-18(22)12-4-6-13(19)7-5-12/h2-7,9,11,18H,8,10H2,1H3. The first-order chi connectivity index (χ1) is 12.1. The van der Waals surface area contributed by atoms with Crippen LogP contribution < -0.4 is 0 Å². The Kier molecular flexibility index (Phi) is 4.58. The number of halogens is 1. The summed E-state index contributed by atoms with van der Waals surface area (Å²) in [5, 5.41) is 7.25. The van der Waals surface area contributed by atoms with Crippen molar-refractivity contribution in [3.63, 3.8) is 0 Å². The van der Waals surface area contributed by atoms with E-state index >= 15 is 0 Å². The maximum absolute atomic E-state index is 13.1. The summed E-state index contributed by atoms with van der Waals surface area (Å²) in [4.78, 5) is 16.1. The number of amides is 1. The fourth-order valence-electron chi connectivity index (χ4n) is 2.94. The quantitative estimate of drug-likeness (QED) is 0.652. The van der Waals surface area contributed by atoms with Gasteiger partial charge in [-0.25, -0.2) is 0 Å². The third-order valence-electron chi connectivity index (χ3n) is 4.18. The Hall–Kier alpha value is -1.76. The molecule has 1 aromatic carbocycles. The first-order valence-corrected chi connectivity index (χ1v) is 10.2. The summed E-state index contributed by atoms with van der Waals surface area (Å²) in [5.74, 6) is 0.942. The number of thiophene rings is 1. The largest absolute Gasteiger partial charge is 0.320 e. The van der Waals surface area contributed by atoms with Crippen LogP contribution in [0.25, 0.3) is 10.6 Å². The molecule has 3 aromatic rings. The second kappa shape index (κ2) is 6.86. The molecule has 0 aliphatic carbocycles. The zero-order valence-electron chi connectivity index (χ0n) is 13.6. The first kappa shape index (κ1) is 16.7. The monoisotopic (exact) mass is 389 g/mol. The van der Waals surface area contributed by atoms with Crippen molar-refractivity contribution in [3.05, 3.63) is 64.1 Å². The van der Waals surface area contributed by atoms with Gasteiger partial charge in [0.1, 0.15) is 16.8 Å². The molecule has 4 nitrogen and oxygen atoms in total. The van der Waals surface area contributed by atoms with E-state index in [0.717, 1.165) is 28.4 Å². The number of thioether (sulfide) groups is 1. The fraction of sp³-hybridized carbons (Fsp3) is 0.222. The summed E-state index contributed by atoms with van der Waals surface area (Å²) in [6.45, 7) is 0.732. The Labute approximate surface area is 159 Å². The highest BCUT2D eigenvalue weighted by molar-refractivity contribution is 7.99. The smallest absolute Gasteiger partial charge is 0.273 e. The van der Waals surface area contributed by atoms with Crippen LogP contribution in [0.5, 0.6) is 0 Å². The van der Waals surface area contributed by atoms with Crippen LogP contribution in [0, 0.1) is 0 Å². The van der Waals surface area contributed by atoms with E-state index in [1.807, 2.05) is 59.8 Å². The molecule has 0 spiro atoms. The molecule has 1 unspecified atom stereocenters. The van der Waals surface area contributed by atoms with Gasteiger partial charge >= 0.3 is 0 Å². The third kappa shape index (κ3) is 3.21. The minimum Gasteiger partial charge on any atom is -0.320 e. The Morgan fingerprint density at radius 1 is 1.28 bits per heavy atom. The molecule has 1 amide bonds. The molecule has 7 heteroatoms. The maximum Gasteiger partial charge on any atom is 0.273 e. The molecular formula is C18H16ClN3OS2. The van der Waals surface area contributed by atoms with E-state index in [-0.39, 0.29) is 11.3 Å². The lowest BCUT2D eigenvalue weighted by molar-refractivity contribution is 0.0749. The summed E-state index contributed by atoms with van der Waals surface area (Å²) in [5.41, 5.74) is 2.56. The molecule has 0 bridgehead atoms. The lowest BCUT2D eigenvalue weighted by atomic mass is 10.2. The van der Waals surface area contributed by atoms with Gasteiger partial charge in [-0.05, 0) is 35.2 Å². The van der Waals surface area contributed by atoms with Crippen molar-refractivity contribution >= 4 is 40.6 Å². The molecule has 1 aliphatic heterocycles. The molecule has 1 fully saturated rings. The first-order valence-electron chi connectivity index (χ1n) is 7.89. The maximum atomic E-state index is 13.1. The summed E-state index contributed by atoms with van der Waals surface area (Å²) in [7, 11) is 1.82. The lowest BCUT2D eigenvalue weighted by Gasteiger charge is -2.24. The summed E-state index contributed by atoms with van der Waals surface area (Å²) >= 11 is 9.39. The van der Waals surface area contributed by atoms with E-state index in [9.17, 15) is 4.79 Å². The number of carbonyl (C=O) groups excluding carboxylic acids is 1. The van der Waals surface area contributed by atoms with Gasteiger partial charge in [0, 0.05) is 24.4 Å². The number of carbonyl (C=O) groups is 1. The van der Waals surface area contributed by atoms with Crippen LogP contribution >= 0.6 is 34.7 Å². The molecule has 2 aromatic heterocycles. The molecule has 128 valence electrons. The van der Waals surface area contributed by atoms with Crippen LogP contribution in [0.2, 0.25) is 5.02 Å². The van der Waals surface area contributed by atoms with E-state index in [1.165, 1.54) is 0 Å². The van der Waals surface area contributed by atoms with Gasteiger partial charge in [0.2, 0.25) is 0 Å². The van der Waals surface area contributed by atoms with Crippen molar-refractivity contribution in [1.82, 2.24) is 14.7 Å². The lowest BCUT2D eigenvalue weighted by Crippen LogP contribution is -2.31. The van der Waals surface area contributed by atoms with Gasteiger partial charge in [-0.3, -0.25) is 9.48 Å². The van der Waals surface area contributed by atoms with Crippen LogP contribution in [-0.2, 0) is 7.05 Å². The van der Waals surface area contributed by atoms with E-state index in [2.05, 4.69) is 5.10 Å². The molecular weight excluding hydrogens is 374 g/mol. The summed E-state index contributed by atoms with van der Waals surface area (Å²) in [6, 6.07) is 13.6. The van der Waals surface area contributed by atoms with Crippen molar-refractivity contribution in [1.29, 1.82) is 0 Å². The predicted molar refractivity (Wildman–Crippen MR) is 104 cm³/mol. The van der Waals surface area contributed by atoms with Crippen molar-refractivity contribution in [3.8, 4) is 10.6 Å². The van der Waals surface area contributed by atoms with Gasteiger partial charge in [0.05, 0.1) is 4.88 Å². The van der Waals surface area contributed by atoms with E-state index in [1.54, 1.807) is 27.8 Å². The molecule has 0 radical (unpaired) electrons. The third-order valence-corrected chi connectivity index (χ3v) is 6.58. The molecule has 4 rings (SSSR count). The second-order valence-electron chi connectivity index (χ2n) is 5.79. The van der Waals surface area contributed by atoms with Crippen molar-refractivity contribution < 1.29 is 4.79 Å². The highest BCUT2D eigenvalue weighted by Gasteiger charge is 2.32. The second-order valence-corrected chi connectivity index (χ2v) is 8.36. The zero-order valence-corrected chi connectivity index (χ0v) is 15.9. The predicted octanol–water partition coefficient (Wildman–Crippen LogP) is 4.69. The molecule has 0 N–H and O–H groups in total. The fourth-order valence-corrected chi connectivity index (χ4v) is 5.00. The van der Waals surface area contributed by atoms with E-state index in [0.29, 0.717) is 10.7 Å². The van der Waals surface area contributed by atoms with Gasteiger partial charge in [-0.1, -0.05) is 29.8 Å². The van der Waals surface area contributed by atoms with Crippen molar-refractivity contribution in [2.24, 2.45) is 7.05 Å². The molecule has 3 heterocycles. The summed E-state index contributed by atoms with van der Waals surface area (Å²) < 4.78 is 1.68. The van der Waals surface area contributed by atoms with Gasteiger partial charge in [0.25, 0.3) is 5.91 Å². The highest BCUT2D eigenvalue weighted by Crippen LogP contribution is 2.39. The molecule has 25 heavy (non-hydrogen) atoms. The number of hydrogen-bond donors (Lipinski definition) is 0. The average molecular weight is 390 g/mol. The van der Waals surface area contributed by atoms with Crippen LogP contribution in [-0.4, -0.2) is 32.9 Å². The normalized spacial score (nSPS) is 17.2. The number of rotatable bonds is 3. The highest BCUT2D eigenvalue weighted by atomic mass is 35.5. The molecule has 1 aliphatic rings. The van der Waals surface area contributed by atoms with Crippen LogP contribution in [0.15, 0.2) is 47.8 Å². The number of hydrogen-bond acceptors (Lipinski definition) is 4. The van der Waals surface area contributed by atoms with Gasteiger partial charge in [0.15, 0.2) is 0 Å². The Morgan fingerprint density at radius 3 is 2.80 bits per heavy atom. The molecule has 0 saturated carbocycles. The van der Waals surface area contributed by atoms with Gasteiger partial charge in [-0.2, -0.15) is 5.10 Å².